The molecular weight excluding hydrogens is 382 g/mol. The maximum Gasteiger partial charge on any atom is 0.317 e. The van der Waals surface area contributed by atoms with Crippen molar-refractivity contribution in [2.45, 2.75) is 42.4 Å². The predicted octanol–water partition coefficient (Wildman–Crippen LogP) is 2.74. The van der Waals surface area contributed by atoms with Gasteiger partial charge in [0.2, 0.25) is 10.0 Å². The van der Waals surface area contributed by atoms with E-state index in [1.165, 1.54) is 11.6 Å². The van der Waals surface area contributed by atoms with Crippen LogP contribution in [0.15, 0.2) is 46.7 Å². The summed E-state index contributed by atoms with van der Waals surface area (Å²) in [6, 6.07) is 13.8. The van der Waals surface area contributed by atoms with E-state index in [-0.39, 0.29) is 16.3 Å². The third kappa shape index (κ3) is 5.54. The molecule has 0 spiro atoms. The summed E-state index contributed by atoms with van der Waals surface area (Å²) >= 11 is 1.15. The van der Waals surface area contributed by atoms with E-state index in [0.29, 0.717) is 13.0 Å². The highest BCUT2D eigenvalue weighted by molar-refractivity contribution is 7.91. The van der Waals surface area contributed by atoms with Crippen LogP contribution in [0.3, 0.4) is 0 Å². The highest BCUT2D eigenvalue weighted by Gasteiger charge is 2.28. The summed E-state index contributed by atoms with van der Waals surface area (Å²) in [5.41, 5.74) is 1.30. The van der Waals surface area contributed by atoms with Gasteiger partial charge in [-0.3, -0.25) is 0 Å². The van der Waals surface area contributed by atoms with Crippen LogP contribution in [0.2, 0.25) is 0 Å². The molecule has 1 atom stereocenters. The maximum atomic E-state index is 12.5. The predicted molar refractivity (Wildman–Crippen MR) is 107 cm³/mol. The van der Waals surface area contributed by atoms with Crippen LogP contribution in [-0.4, -0.2) is 38.5 Å². The molecule has 3 rings (SSSR count). The summed E-state index contributed by atoms with van der Waals surface area (Å²) < 4.78 is 22.8. The van der Waals surface area contributed by atoms with Crippen LogP contribution in [0.25, 0.3) is 0 Å². The normalized spacial score (nSPS) is 17.2. The molecule has 0 saturated carbocycles. The number of nitrogens with zero attached hydrogens (tertiary/aromatic N) is 1. The number of urea groups is 1. The molecule has 0 radical (unpaired) electrons. The number of carbonyl (C=O) groups excluding carboxylic acids is 1. The van der Waals surface area contributed by atoms with E-state index in [9.17, 15) is 13.2 Å². The first-order valence-corrected chi connectivity index (χ1v) is 11.5. The molecule has 2 aromatic rings. The molecule has 27 heavy (non-hydrogen) atoms. The van der Waals surface area contributed by atoms with Gasteiger partial charge in [-0.25, -0.2) is 18.4 Å². The van der Waals surface area contributed by atoms with Crippen molar-refractivity contribution in [2.75, 3.05) is 13.1 Å². The SMILES string of the molecule is NS(=O)(=O)c1ccc(CCNC(=O)N2CCC[C@H]2CCc2ccccc2)s1. The van der Waals surface area contributed by atoms with Crippen molar-refractivity contribution in [2.24, 2.45) is 5.14 Å². The molecular formula is C19H25N3O3S2. The van der Waals surface area contributed by atoms with E-state index in [1.807, 2.05) is 23.1 Å². The number of hydrogen-bond donors (Lipinski definition) is 2. The zero-order valence-electron chi connectivity index (χ0n) is 15.1. The van der Waals surface area contributed by atoms with E-state index in [4.69, 9.17) is 5.14 Å². The molecule has 6 nitrogen and oxygen atoms in total. The van der Waals surface area contributed by atoms with Gasteiger partial charge < -0.3 is 10.2 Å². The Kier molecular flexibility index (Phi) is 6.51. The standard InChI is InChI=1S/C19H25N3O3S2/c20-27(24,25)18-11-10-17(26-18)12-13-21-19(23)22-14-4-7-16(22)9-8-15-5-2-1-3-6-15/h1-3,5-6,10-11,16H,4,7-9,12-14H2,(H,21,23)(H2,20,24,25)/t16-/m0/s1. The summed E-state index contributed by atoms with van der Waals surface area (Å²) in [6.45, 7) is 1.27. The Morgan fingerprint density at radius 1 is 1.19 bits per heavy atom. The maximum absolute atomic E-state index is 12.5. The Balaban J connectivity index is 1.46. The van der Waals surface area contributed by atoms with Gasteiger partial charge in [0.1, 0.15) is 4.21 Å². The molecule has 1 fully saturated rings. The number of benzene rings is 1. The molecule has 1 aromatic heterocycles. The summed E-state index contributed by atoms with van der Waals surface area (Å²) in [4.78, 5) is 15.4. The minimum atomic E-state index is -3.65. The fraction of sp³-hybridized carbons (Fsp3) is 0.421. The van der Waals surface area contributed by atoms with Gasteiger partial charge in [0.05, 0.1) is 0 Å². The molecule has 3 N–H and O–H groups in total. The number of sulfonamides is 1. The van der Waals surface area contributed by atoms with Gasteiger partial charge in [-0.05, 0) is 49.8 Å². The van der Waals surface area contributed by atoms with E-state index in [0.717, 1.165) is 48.4 Å². The van der Waals surface area contributed by atoms with Crippen molar-refractivity contribution in [1.29, 1.82) is 0 Å². The van der Waals surface area contributed by atoms with Crippen LogP contribution in [0.5, 0.6) is 0 Å². The zero-order valence-corrected chi connectivity index (χ0v) is 16.8. The van der Waals surface area contributed by atoms with Crippen LogP contribution in [0.1, 0.15) is 29.7 Å². The molecule has 0 aliphatic carbocycles. The third-order valence-corrected chi connectivity index (χ3v) is 7.40. The van der Waals surface area contributed by atoms with Crippen LogP contribution < -0.4 is 10.5 Å². The topological polar surface area (TPSA) is 92.5 Å². The number of aryl methyl sites for hydroxylation is 1. The second-order valence-electron chi connectivity index (χ2n) is 6.76. The van der Waals surface area contributed by atoms with E-state index >= 15 is 0 Å². The Morgan fingerprint density at radius 2 is 1.96 bits per heavy atom. The number of carbonyl (C=O) groups is 1. The van der Waals surface area contributed by atoms with E-state index in [2.05, 4.69) is 17.4 Å². The van der Waals surface area contributed by atoms with Gasteiger partial charge in [-0.2, -0.15) is 0 Å². The van der Waals surface area contributed by atoms with Crippen LogP contribution >= 0.6 is 11.3 Å². The number of thiophene rings is 1. The van der Waals surface area contributed by atoms with Crippen LogP contribution in [0, 0.1) is 0 Å². The number of primary sulfonamides is 1. The average Bonchev–Trinajstić information content (AvgIpc) is 3.30. The van der Waals surface area contributed by atoms with Gasteiger partial charge >= 0.3 is 6.03 Å². The molecule has 2 heterocycles. The molecule has 8 heteroatoms. The summed E-state index contributed by atoms with van der Waals surface area (Å²) in [5.74, 6) is 0. The number of nitrogens with two attached hydrogens (primary N) is 1. The van der Waals surface area contributed by atoms with Crippen molar-refractivity contribution in [1.82, 2.24) is 10.2 Å². The zero-order chi connectivity index (χ0) is 19.3. The van der Waals surface area contributed by atoms with Gasteiger partial charge in [0, 0.05) is 24.0 Å². The summed E-state index contributed by atoms with van der Waals surface area (Å²) in [7, 11) is -3.65. The lowest BCUT2D eigenvalue weighted by Crippen LogP contribution is -2.43. The molecule has 0 bridgehead atoms. The van der Waals surface area contributed by atoms with Gasteiger partial charge in [0.25, 0.3) is 0 Å². The Bertz CT molecular complexity index is 865. The summed E-state index contributed by atoms with van der Waals surface area (Å²) in [6.07, 6.45) is 4.62. The smallest absolute Gasteiger partial charge is 0.317 e. The van der Waals surface area contributed by atoms with Crippen molar-refractivity contribution in [3.05, 3.63) is 52.9 Å². The number of nitrogens with one attached hydrogen (secondary N) is 1. The van der Waals surface area contributed by atoms with Crippen molar-refractivity contribution < 1.29 is 13.2 Å². The third-order valence-electron chi connectivity index (χ3n) is 4.81. The first kappa shape index (κ1) is 19.9. The number of hydrogen-bond acceptors (Lipinski definition) is 4. The van der Waals surface area contributed by atoms with Crippen LogP contribution in [0.4, 0.5) is 4.79 Å². The lowest BCUT2D eigenvalue weighted by Gasteiger charge is -2.25. The lowest BCUT2D eigenvalue weighted by molar-refractivity contribution is 0.190. The Labute approximate surface area is 164 Å². The highest BCUT2D eigenvalue weighted by atomic mass is 32.2. The number of amides is 2. The number of likely N-dealkylation sites (tertiary alicyclic amines) is 1. The van der Waals surface area contributed by atoms with E-state index in [1.54, 1.807) is 6.07 Å². The van der Waals surface area contributed by atoms with Crippen molar-refractivity contribution in [3.8, 4) is 0 Å². The van der Waals surface area contributed by atoms with Crippen LogP contribution in [-0.2, 0) is 22.9 Å². The second kappa shape index (κ2) is 8.86. The molecule has 1 aliphatic rings. The minimum Gasteiger partial charge on any atom is -0.338 e. The summed E-state index contributed by atoms with van der Waals surface area (Å²) in [5, 5.41) is 8.08. The molecule has 1 saturated heterocycles. The molecule has 1 aliphatic heterocycles. The number of rotatable bonds is 7. The first-order valence-electron chi connectivity index (χ1n) is 9.13. The Morgan fingerprint density at radius 3 is 2.67 bits per heavy atom. The molecule has 1 aromatic carbocycles. The fourth-order valence-electron chi connectivity index (χ4n) is 3.42. The Hall–Kier alpha value is -1.90. The molecule has 0 unspecified atom stereocenters. The average molecular weight is 408 g/mol. The van der Waals surface area contributed by atoms with Gasteiger partial charge in [0.15, 0.2) is 0 Å². The second-order valence-corrected chi connectivity index (χ2v) is 9.72. The monoisotopic (exact) mass is 407 g/mol. The quantitative estimate of drug-likeness (QED) is 0.739. The highest BCUT2D eigenvalue weighted by Crippen LogP contribution is 2.23. The van der Waals surface area contributed by atoms with Crippen molar-refractivity contribution >= 4 is 27.4 Å². The molecule has 2 amide bonds. The van der Waals surface area contributed by atoms with Gasteiger partial charge in [-0.1, -0.05) is 30.3 Å². The molecule has 146 valence electrons. The largest absolute Gasteiger partial charge is 0.338 e. The fourth-order valence-corrected chi connectivity index (χ4v) is 5.20. The van der Waals surface area contributed by atoms with Crippen molar-refractivity contribution in [3.63, 3.8) is 0 Å². The van der Waals surface area contributed by atoms with Gasteiger partial charge in [-0.15, -0.1) is 11.3 Å². The first-order chi connectivity index (χ1) is 12.9. The lowest BCUT2D eigenvalue weighted by atomic mass is 10.0. The minimum absolute atomic E-state index is 0.0335. The van der Waals surface area contributed by atoms with E-state index < -0.39 is 10.0 Å².